The van der Waals surface area contributed by atoms with Crippen molar-refractivity contribution in [3.8, 4) is 5.69 Å². The number of primary sulfonamides is 1. The Labute approximate surface area is 197 Å². The fraction of sp³-hybridized carbons (Fsp3) is 0.318. The molecule has 1 aliphatic rings. The number of thioether (sulfide) groups is 1. The van der Waals surface area contributed by atoms with Crippen molar-refractivity contribution >= 4 is 33.4 Å². The second kappa shape index (κ2) is 10.5. The van der Waals surface area contributed by atoms with Crippen molar-refractivity contribution < 1.29 is 13.2 Å². The highest BCUT2D eigenvalue weighted by molar-refractivity contribution is 7.99. The minimum absolute atomic E-state index is 0.00734. The molecule has 0 radical (unpaired) electrons. The maximum atomic E-state index is 12.5. The number of aromatic nitrogens is 3. The summed E-state index contributed by atoms with van der Waals surface area (Å²) in [4.78, 5) is 14.9. The number of para-hydroxylation sites is 1. The van der Waals surface area contributed by atoms with Crippen molar-refractivity contribution in [2.75, 3.05) is 24.2 Å². The van der Waals surface area contributed by atoms with E-state index in [1.807, 2.05) is 34.9 Å². The van der Waals surface area contributed by atoms with Gasteiger partial charge in [0.1, 0.15) is 0 Å². The first-order valence-electron chi connectivity index (χ1n) is 10.7. The van der Waals surface area contributed by atoms with Crippen LogP contribution in [0.3, 0.4) is 0 Å². The van der Waals surface area contributed by atoms with E-state index >= 15 is 0 Å². The zero-order chi connectivity index (χ0) is 23.3. The van der Waals surface area contributed by atoms with Crippen LogP contribution in [0.25, 0.3) is 5.69 Å². The van der Waals surface area contributed by atoms with Gasteiger partial charge in [0.05, 0.1) is 17.2 Å². The second-order valence-electron chi connectivity index (χ2n) is 7.81. The van der Waals surface area contributed by atoms with E-state index in [2.05, 4.69) is 20.4 Å². The first-order chi connectivity index (χ1) is 15.9. The number of sulfonamides is 1. The third kappa shape index (κ3) is 6.20. The summed E-state index contributed by atoms with van der Waals surface area (Å²) in [6.07, 6.45) is 3.65. The quantitative estimate of drug-likeness (QED) is 0.469. The van der Waals surface area contributed by atoms with Crippen LogP contribution in [0.4, 0.5) is 5.69 Å². The topological polar surface area (TPSA) is 123 Å². The molecule has 0 spiro atoms. The van der Waals surface area contributed by atoms with E-state index in [1.165, 1.54) is 55.3 Å². The van der Waals surface area contributed by atoms with E-state index in [1.54, 1.807) is 0 Å². The molecule has 1 aliphatic heterocycles. The van der Waals surface area contributed by atoms with E-state index in [9.17, 15) is 13.2 Å². The fourth-order valence-corrected chi connectivity index (χ4v) is 4.99. The molecule has 0 saturated carbocycles. The Balaban J connectivity index is 1.45. The lowest BCUT2D eigenvalue weighted by molar-refractivity contribution is -0.113. The number of carbonyl (C=O) groups is 1. The molecule has 11 heteroatoms. The molecule has 0 atom stereocenters. The molecule has 2 heterocycles. The summed E-state index contributed by atoms with van der Waals surface area (Å²) < 4.78 is 24.7. The van der Waals surface area contributed by atoms with Crippen LogP contribution in [-0.2, 0) is 21.4 Å². The summed E-state index contributed by atoms with van der Waals surface area (Å²) in [7, 11) is -3.77. The van der Waals surface area contributed by atoms with Crippen LogP contribution in [0.1, 0.15) is 25.1 Å². The number of anilines is 1. The van der Waals surface area contributed by atoms with Crippen molar-refractivity contribution in [2.24, 2.45) is 5.14 Å². The number of nitrogens with one attached hydrogen (secondary N) is 1. The highest BCUT2D eigenvalue weighted by Gasteiger charge is 2.19. The van der Waals surface area contributed by atoms with Gasteiger partial charge >= 0.3 is 0 Å². The van der Waals surface area contributed by atoms with E-state index in [-0.39, 0.29) is 16.6 Å². The summed E-state index contributed by atoms with van der Waals surface area (Å²) in [6, 6.07) is 15.6. The van der Waals surface area contributed by atoms with E-state index < -0.39 is 10.0 Å². The molecule has 1 saturated heterocycles. The van der Waals surface area contributed by atoms with Crippen LogP contribution in [0.15, 0.2) is 64.6 Å². The Morgan fingerprint density at radius 3 is 2.36 bits per heavy atom. The van der Waals surface area contributed by atoms with Crippen LogP contribution >= 0.6 is 11.8 Å². The molecule has 33 heavy (non-hydrogen) atoms. The Hall–Kier alpha value is -2.73. The molecular formula is C22H26N6O3S2. The van der Waals surface area contributed by atoms with E-state index in [0.29, 0.717) is 17.4 Å². The standard InChI is InChI=1S/C22H26N6O3S2/c23-33(30,31)19-11-9-17(10-12-19)24-21(29)16-32-22-26-25-20(15-27-13-5-2-6-14-27)28(22)18-7-3-1-4-8-18/h1,3-4,7-12H,2,5-6,13-16H2,(H,24,29)(H2,23,30,31). The lowest BCUT2D eigenvalue weighted by Gasteiger charge is -2.26. The van der Waals surface area contributed by atoms with Gasteiger partial charge in [0.15, 0.2) is 11.0 Å². The number of likely N-dealkylation sites (tertiary alicyclic amines) is 1. The molecule has 9 nitrogen and oxygen atoms in total. The lowest BCUT2D eigenvalue weighted by Crippen LogP contribution is -2.30. The zero-order valence-electron chi connectivity index (χ0n) is 18.1. The molecule has 1 aromatic heterocycles. The monoisotopic (exact) mass is 486 g/mol. The Morgan fingerprint density at radius 1 is 1.00 bits per heavy atom. The highest BCUT2D eigenvalue weighted by atomic mass is 32.2. The normalized spacial score (nSPS) is 14.8. The second-order valence-corrected chi connectivity index (χ2v) is 10.3. The number of nitrogens with two attached hydrogens (primary N) is 1. The third-order valence-corrected chi connectivity index (χ3v) is 7.19. The SMILES string of the molecule is NS(=O)(=O)c1ccc(NC(=O)CSc2nnc(CN3CCCCC3)n2-c2ccccc2)cc1. The average Bonchev–Trinajstić information content (AvgIpc) is 3.21. The largest absolute Gasteiger partial charge is 0.325 e. The number of benzene rings is 2. The molecule has 1 fully saturated rings. The number of piperidine rings is 1. The van der Waals surface area contributed by atoms with Crippen LogP contribution in [0.2, 0.25) is 0 Å². The minimum atomic E-state index is -3.77. The lowest BCUT2D eigenvalue weighted by atomic mass is 10.1. The molecule has 3 N–H and O–H groups in total. The van der Waals surface area contributed by atoms with Crippen LogP contribution < -0.4 is 10.5 Å². The van der Waals surface area contributed by atoms with Gasteiger partial charge in [-0.3, -0.25) is 14.3 Å². The van der Waals surface area contributed by atoms with Crippen molar-refractivity contribution in [1.82, 2.24) is 19.7 Å². The van der Waals surface area contributed by atoms with Crippen molar-refractivity contribution in [2.45, 2.75) is 35.9 Å². The Morgan fingerprint density at radius 2 is 1.70 bits per heavy atom. The zero-order valence-corrected chi connectivity index (χ0v) is 19.7. The molecule has 0 unspecified atom stereocenters. The average molecular weight is 487 g/mol. The van der Waals surface area contributed by atoms with E-state index in [0.717, 1.165) is 24.6 Å². The van der Waals surface area contributed by atoms with Gasteiger partial charge in [-0.05, 0) is 62.3 Å². The minimum Gasteiger partial charge on any atom is -0.325 e. The molecule has 1 amide bonds. The molecular weight excluding hydrogens is 460 g/mol. The number of hydrogen-bond donors (Lipinski definition) is 2. The number of carbonyl (C=O) groups excluding carboxylic acids is 1. The first kappa shape index (κ1) is 23.4. The van der Waals surface area contributed by atoms with Gasteiger partial charge in [-0.25, -0.2) is 13.6 Å². The molecule has 174 valence electrons. The highest BCUT2D eigenvalue weighted by Crippen LogP contribution is 2.24. The van der Waals surface area contributed by atoms with Gasteiger partial charge in [-0.15, -0.1) is 10.2 Å². The van der Waals surface area contributed by atoms with Gasteiger partial charge in [-0.1, -0.05) is 36.4 Å². The maximum Gasteiger partial charge on any atom is 0.238 e. The van der Waals surface area contributed by atoms with Crippen LogP contribution in [0, 0.1) is 0 Å². The van der Waals surface area contributed by atoms with Gasteiger partial charge < -0.3 is 5.32 Å². The van der Waals surface area contributed by atoms with Crippen LogP contribution in [0.5, 0.6) is 0 Å². The maximum absolute atomic E-state index is 12.5. The molecule has 0 bridgehead atoms. The summed E-state index contributed by atoms with van der Waals surface area (Å²) in [5, 5.41) is 17.3. The Bertz CT molecular complexity index is 1190. The molecule has 2 aromatic carbocycles. The summed E-state index contributed by atoms with van der Waals surface area (Å²) >= 11 is 1.30. The van der Waals surface area contributed by atoms with Crippen LogP contribution in [-0.4, -0.2) is 52.8 Å². The fourth-order valence-electron chi connectivity index (χ4n) is 3.71. The molecule has 3 aromatic rings. The summed E-state index contributed by atoms with van der Waals surface area (Å²) in [5.41, 5.74) is 1.44. The van der Waals surface area contributed by atoms with E-state index in [4.69, 9.17) is 5.14 Å². The summed E-state index contributed by atoms with van der Waals surface area (Å²) in [6.45, 7) is 2.82. The Kier molecular flexibility index (Phi) is 7.43. The van der Waals surface area contributed by atoms with Crippen molar-refractivity contribution in [3.63, 3.8) is 0 Å². The van der Waals surface area contributed by atoms with Crippen molar-refractivity contribution in [3.05, 3.63) is 60.4 Å². The number of hydrogen-bond acceptors (Lipinski definition) is 7. The summed E-state index contributed by atoms with van der Waals surface area (Å²) in [5.74, 6) is 0.749. The smallest absolute Gasteiger partial charge is 0.238 e. The molecule has 4 rings (SSSR count). The predicted octanol–water partition coefficient (Wildman–Crippen LogP) is 2.63. The molecule has 0 aliphatic carbocycles. The third-order valence-electron chi connectivity index (χ3n) is 5.33. The number of amides is 1. The van der Waals surface area contributed by atoms with Crippen molar-refractivity contribution in [1.29, 1.82) is 0 Å². The first-order valence-corrected chi connectivity index (χ1v) is 13.2. The van der Waals surface area contributed by atoms with Gasteiger partial charge in [0.25, 0.3) is 0 Å². The van der Waals surface area contributed by atoms with Gasteiger partial charge in [0, 0.05) is 11.4 Å². The number of nitrogens with zero attached hydrogens (tertiary/aromatic N) is 4. The predicted molar refractivity (Wildman–Crippen MR) is 128 cm³/mol. The van der Waals surface area contributed by atoms with Gasteiger partial charge in [-0.2, -0.15) is 0 Å². The van der Waals surface area contributed by atoms with Gasteiger partial charge in [0.2, 0.25) is 15.9 Å². The number of rotatable bonds is 8.